The van der Waals surface area contributed by atoms with Crippen molar-refractivity contribution in [1.82, 2.24) is 10.3 Å². The van der Waals surface area contributed by atoms with Crippen molar-refractivity contribution in [1.29, 1.82) is 0 Å². The number of rotatable bonds is 2. The second-order valence-electron chi connectivity index (χ2n) is 4.68. The number of aromatic nitrogens is 1. The second-order valence-corrected chi connectivity index (χ2v) is 5.68. The van der Waals surface area contributed by atoms with Gasteiger partial charge in [-0.3, -0.25) is 4.79 Å². The summed E-state index contributed by atoms with van der Waals surface area (Å²) in [4.78, 5) is 16.5. The first-order valence-electron chi connectivity index (χ1n) is 6.34. The minimum atomic E-state index is -1.25. The number of carbonyl (C=O) groups excluding carboxylic acids is 1. The van der Waals surface area contributed by atoms with E-state index in [1.807, 2.05) is 11.4 Å². The summed E-state index contributed by atoms with van der Waals surface area (Å²) >= 11 is 1.66. The summed E-state index contributed by atoms with van der Waals surface area (Å²) in [5.41, 5.74) is 0.782. The number of hydrogen-bond donors (Lipinski definition) is 1. The van der Waals surface area contributed by atoms with Crippen LogP contribution in [0.3, 0.4) is 0 Å². The van der Waals surface area contributed by atoms with E-state index in [4.69, 9.17) is 0 Å². The maximum Gasteiger partial charge on any atom is 0.254 e. The normalized spacial score (nSPS) is 17.6. The first-order chi connectivity index (χ1) is 9.66. The highest BCUT2D eigenvalue weighted by atomic mass is 32.1. The van der Waals surface area contributed by atoms with Gasteiger partial charge in [0.2, 0.25) is 5.95 Å². The Morgan fingerprint density at radius 2 is 2.25 bits per heavy atom. The summed E-state index contributed by atoms with van der Waals surface area (Å²) in [6.45, 7) is 0. The third-order valence-corrected chi connectivity index (χ3v) is 4.45. The zero-order valence-corrected chi connectivity index (χ0v) is 11.3. The van der Waals surface area contributed by atoms with Crippen molar-refractivity contribution in [3.63, 3.8) is 0 Å². The van der Waals surface area contributed by atoms with E-state index in [0.29, 0.717) is 0 Å². The van der Waals surface area contributed by atoms with Crippen LogP contribution in [0.1, 0.15) is 39.7 Å². The standard InChI is InChI=1S/C14H12F2N2OS/c15-12-9(4-6-17-13(12)16)14(19)18-10-2-1-3-11-8(10)5-7-20-11/h4-7,10H,1-3H2,(H,18,19). The molecule has 2 aromatic heterocycles. The molecule has 0 fully saturated rings. The lowest BCUT2D eigenvalue weighted by Gasteiger charge is -2.23. The number of amides is 1. The molecule has 0 aromatic carbocycles. The minimum absolute atomic E-state index is 0.131. The Labute approximate surface area is 118 Å². The second kappa shape index (κ2) is 5.28. The molecule has 1 atom stereocenters. The average molecular weight is 294 g/mol. The molecule has 0 saturated carbocycles. The Morgan fingerprint density at radius 3 is 3.10 bits per heavy atom. The van der Waals surface area contributed by atoms with E-state index < -0.39 is 17.7 Å². The highest BCUT2D eigenvalue weighted by molar-refractivity contribution is 7.10. The Balaban J connectivity index is 1.83. The summed E-state index contributed by atoms with van der Waals surface area (Å²) in [5, 5.41) is 4.77. The van der Waals surface area contributed by atoms with Gasteiger partial charge in [-0.1, -0.05) is 0 Å². The summed E-state index contributed by atoms with van der Waals surface area (Å²) in [7, 11) is 0. The van der Waals surface area contributed by atoms with Crippen LogP contribution >= 0.6 is 11.3 Å². The monoisotopic (exact) mass is 294 g/mol. The molecule has 3 rings (SSSR count). The lowest BCUT2D eigenvalue weighted by Crippen LogP contribution is -2.31. The third-order valence-electron chi connectivity index (χ3n) is 3.45. The van der Waals surface area contributed by atoms with Crippen molar-refractivity contribution in [3.8, 4) is 0 Å². The van der Waals surface area contributed by atoms with Gasteiger partial charge < -0.3 is 5.32 Å². The molecule has 1 unspecified atom stereocenters. The highest BCUT2D eigenvalue weighted by Gasteiger charge is 2.24. The van der Waals surface area contributed by atoms with Gasteiger partial charge >= 0.3 is 0 Å². The largest absolute Gasteiger partial charge is 0.345 e. The molecule has 2 heterocycles. The first kappa shape index (κ1) is 13.2. The molecular weight excluding hydrogens is 282 g/mol. The minimum Gasteiger partial charge on any atom is -0.345 e. The predicted octanol–water partition coefficient (Wildman–Crippen LogP) is 3.23. The van der Waals surface area contributed by atoms with Crippen LogP contribution in [0, 0.1) is 11.8 Å². The summed E-state index contributed by atoms with van der Waals surface area (Å²) in [6.07, 6.45) is 3.89. The van der Waals surface area contributed by atoms with E-state index in [1.54, 1.807) is 11.3 Å². The molecule has 0 radical (unpaired) electrons. The van der Waals surface area contributed by atoms with Crippen LogP contribution in [0.4, 0.5) is 8.78 Å². The molecule has 2 aromatic rings. The molecular formula is C14H12F2N2OS. The van der Waals surface area contributed by atoms with Gasteiger partial charge in [0.05, 0.1) is 11.6 Å². The number of pyridine rings is 1. The van der Waals surface area contributed by atoms with Crippen LogP contribution in [0.2, 0.25) is 0 Å². The van der Waals surface area contributed by atoms with Crippen molar-refractivity contribution in [2.24, 2.45) is 0 Å². The van der Waals surface area contributed by atoms with E-state index in [-0.39, 0.29) is 11.6 Å². The maximum absolute atomic E-state index is 13.5. The number of carbonyl (C=O) groups is 1. The number of aryl methyl sites for hydroxylation is 1. The SMILES string of the molecule is O=C(NC1CCCc2sccc21)c1ccnc(F)c1F. The van der Waals surface area contributed by atoms with E-state index in [9.17, 15) is 13.6 Å². The Bertz CT molecular complexity index is 656. The van der Waals surface area contributed by atoms with E-state index >= 15 is 0 Å². The number of fused-ring (bicyclic) bond motifs is 1. The molecule has 1 amide bonds. The molecule has 0 bridgehead atoms. The van der Waals surface area contributed by atoms with E-state index in [1.165, 1.54) is 10.9 Å². The van der Waals surface area contributed by atoms with Gasteiger partial charge in [-0.15, -0.1) is 11.3 Å². The van der Waals surface area contributed by atoms with Crippen LogP contribution < -0.4 is 5.32 Å². The van der Waals surface area contributed by atoms with Crippen molar-refractivity contribution >= 4 is 17.2 Å². The quantitative estimate of drug-likeness (QED) is 0.864. The van der Waals surface area contributed by atoms with Crippen LogP contribution in [-0.4, -0.2) is 10.9 Å². The molecule has 0 saturated heterocycles. The Morgan fingerprint density at radius 1 is 1.40 bits per heavy atom. The van der Waals surface area contributed by atoms with Gasteiger partial charge in [0.1, 0.15) is 0 Å². The number of nitrogens with one attached hydrogen (secondary N) is 1. The smallest absolute Gasteiger partial charge is 0.254 e. The molecule has 0 spiro atoms. The number of nitrogens with zero attached hydrogens (tertiary/aromatic N) is 1. The summed E-state index contributed by atoms with van der Waals surface area (Å²) in [6, 6.07) is 3.03. The Kier molecular flexibility index (Phi) is 3.48. The maximum atomic E-state index is 13.5. The van der Waals surface area contributed by atoms with Crippen LogP contribution in [0.15, 0.2) is 23.7 Å². The number of thiophene rings is 1. The fraction of sp³-hybridized carbons (Fsp3) is 0.286. The van der Waals surface area contributed by atoms with Crippen molar-refractivity contribution in [3.05, 3.63) is 51.5 Å². The van der Waals surface area contributed by atoms with E-state index in [0.717, 1.165) is 31.0 Å². The first-order valence-corrected chi connectivity index (χ1v) is 7.22. The fourth-order valence-corrected chi connectivity index (χ4v) is 3.45. The van der Waals surface area contributed by atoms with Crippen molar-refractivity contribution in [2.45, 2.75) is 25.3 Å². The molecule has 1 N–H and O–H groups in total. The number of hydrogen-bond acceptors (Lipinski definition) is 3. The zero-order valence-electron chi connectivity index (χ0n) is 10.5. The topological polar surface area (TPSA) is 42.0 Å². The molecule has 104 valence electrons. The van der Waals surface area contributed by atoms with Gasteiger partial charge in [-0.05, 0) is 42.3 Å². The molecule has 3 nitrogen and oxygen atoms in total. The predicted molar refractivity (Wildman–Crippen MR) is 71.6 cm³/mol. The van der Waals surface area contributed by atoms with Crippen LogP contribution in [0.5, 0.6) is 0 Å². The molecule has 1 aliphatic rings. The average Bonchev–Trinajstić information content (AvgIpc) is 2.91. The van der Waals surface area contributed by atoms with Crippen LogP contribution in [0.25, 0.3) is 0 Å². The summed E-state index contributed by atoms with van der Waals surface area (Å²) in [5.74, 6) is -3.06. The molecule has 20 heavy (non-hydrogen) atoms. The number of halogens is 2. The third kappa shape index (κ3) is 2.31. The lowest BCUT2D eigenvalue weighted by atomic mass is 9.94. The van der Waals surface area contributed by atoms with Crippen molar-refractivity contribution < 1.29 is 13.6 Å². The summed E-state index contributed by atoms with van der Waals surface area (Å²) < 4.78 is 26.6. The molecule has 1 aliphatic carbocycles. The molecule has 0 aliphatic heterocycles. The zero-order chi connectivity index (χ0) is 14.1. The fourth-order valence-electron chi connectivity index (χ4n) is 2.47. The van der Waals surface area contributed by atoms with E-state index in [2.05, 4.69) is 10.3 Å². The van der Waals surface area contributed by atoms with Gasteiger partial charge in [-0.25, -0.2) is 9.37 Å². The van der Waals surface area contributed by atoms with Gasteiger partial charge in [0, 0.05) is 11.1 Å². The van der Waals surface area contributed by atoms with Gasteiger partial charge in [0.25, 0.3) is 5.91 Å². The van der Waals surface area contributed by atoms with Crippen molar-refractivity contribution in [2.75, 3.05) is 0 Å². The van der Waals surface area contributed by atoms with Gasteiger partial charge in [0.15, 0.2) is 5.82 Å². The lowest BCUT2D eigenvalue weighted by molar-refractivity contribution is 0.0927. The van der Waals surface area contributed by atoms with Crippen LogP contribution in [-0.2, 0) is 6.42 Å². The highest BCUT2D eigenvalue weighted by Crippen LogP contribution is 2.33. The Hall–Kier alpha value is -1.82. The van der Waals surface area contributed by atoms with Gasteiger partial charge in [-0.2, -0.15) is 4.39 Å². The molecule has 6 heteroatoms.